The number of rotatable bonds is 5. The van der Waals surface area contributed by atoms with Crippen molar-refractivity contribution >= 4 is 22.8 Å². The number of piperazine rings is 1. The molecule has 2 aromatic carbocycles. The van der Waals surface area contributed by atoms with Crippen molar-refractivity contribution in [3.05, 3.63) is 77.2 Å². The molecule has 0 unspecified atom stereocenters. The molecule has 0 spiro atoms. The van der Waals surface area contributed by atoms with E-state index in [0.29, 0.717) is 43.3 Å². The average Bonchev–Trinajstić information content (AvgIpc) is 3.29. The second-order valence-electron chi connectivity index (χ2n) is 10.6. The van der Waals surface area contributed by atoms with Crippen molar-refractivity contribution in [1.29, 1.82) is 0 Å². The van der Waals surface area contributed by atoms with Gasteiger partial charge in [0.05, 0.1) is 16.8 Å². The number of halogens is 2. The first-order chi connectivity index (χ1) is 19.0. The van der Waals surface area contributed by atoms with Crippen LogP contribution in [0, 0.1) is 24.5 Å². The highest BCUT2D eigenvalue weighted by molar-refractivity contribution is 5.95. The maximum absolute atomic E-state index is 13.7. The number of amides is 1. The Bertz CT molecular complexity index is 1490. The molecule has 0 atom stereocenters. The van der Waals surface area contributed by atoms with E-state index >= 15 is 0 Å². The van der Waals surface area contributed by atoms with Gasteiger partial charge in [-0.1, -0.05) is 38.2 Å². The van der Waals surface area contributed by atoms with Gasteiger partial charge in [-0.05, 0) is 55.3 Å². The third-order valence-electron chi connectivity index (χ3n) is 7.93. The summed E-state index contributed by atoms with van der Waals surface area (Å²) in [7, 11) is 0. The van der Waals surface area contributed by atoms with Gasteiger partial charge in [0, 0.05) is 38.2 Å². The number of carbonyl (C=O) groups excluding carboxylic acids is 1. The molecule has 0 N–H and O–H groups in total. The molecule has 202 valence electrons. The average molecular weight is 531 g/mol. The number of hydrogen-bond acceptors (Lipinski definition) is 5. The summed E-state index contributed by atoms with van der Waals surface area (Å²) >= 11 is 0. The Labute approximate surface area is 226 Å². The van der Waals surface area contributed by atoms with E-state index in [1.807, 2.05) is 6.92 Å². The van der Waals surface area contributed by atoms with Crippen LogP contribution in [0.1, 0.15) is 54.0 Å². The zero-order valence-electron chi connectivity index (χ0n) is 22.1. The molecule has 1 aliphatic heterocycles. The molecule has 7 nitrogen and oxygen atoms in total. The van der Waals surface area contributed by atoms with Crippen LogP contribution in [-0.4, -0.2) is 56.7 Å². The molecular weight excluding hydrogens is 498 g/mol. The summed E-state index contributed by atoms with van der Waals surface area (Å²) in [6.07, 6.45) is 6.97. The molecule has 1 amide bonds. The van der Waals surface area contributed by atoms with E-state index in [9.17, 15) is 13.6 Å². The molecule has 2 fully saturated rings. The summed E-state index contributed by atoms with van der Waals surface area (Å²) in [5, 5.41) is 5.66. The molecule has 6 rings (SSSR count). The van der Waals surface area contributed by atoms with Crippen molar-refractivity contribution in [2.75, 3.05) is 31.1 Å². The van der Waals surface area contributed by atoms with Crippen molar-refractivity contribution in [2.45, 2.75) is 45.4 Å². The van der Waals surface area contributed by atoms with E-state index < -0.39 is 5.82 Å². The van der Waals surface area contributed by atoms with Gasteiger partial charge in [0.15, 0.2) is 5.65 Å². The van der Waals surface area contributed by atoms with Crippen LogP contribution in [0.5, 0.6) is 0 Å². The van der Waals surface area contributed by atoms with E-state index in [2.05, 4.69) is 4.90 Å². The fourth-order valence-electron chi connectivity index (χ4n) is 5.86. The predicted molar refractivity (Wildman–Crippen MR) is 146 cm³/mol. The Morgan fingerprint density at radius 3 is 2.38 bits per heavy atom. The van der Waals surface area contributed by atoms with Crippen LogP contribution < -0.4 is 4.90 Å². The van der Waals surface area contributed by atoms with E-state index in [0.717, 1.165) is 34.8 Å². The third-order valence-corrected chi connectivity index (χ3v) is 7.93. The quantitative estimate of drug-likeness (QED) is 0.342. The minimum Gasteiger partial charge on any atom is -0.352 e. The highest BCUT2D eigenvalue weighted by Crippen LogP contribution is 2.32. The monoisotopic (exact) mass is 530 g/mol. The van der Waals surface area contributed by atoms with Crippen molar-refractivity contribution in [1.82, 2.24) is 24.6 Å². The molecule has 1 aliphatic carbocycles. The maximum Gasteiger partial charge on any atom is 0.254 e. The van der Waals surface area contributed by atoms with Crippen LogP contribution in [0.2, 0.25) is 0 Å². The zero-order chi connectivity index (χ0) is 26.9. The van der Waals surface area contributed by atoms with E-state index in [1.54, 1.807) is 33.8 Å². The van der Waals surface area contributed by atoms with Crippen molar-refractivity contribution < 1.29 is 13.6 Å². The Balaban J connectivity index is 1.33. The van der Waals surface area contributed by atoms with Gasteiger partial charge in [0.1, 0.15) is 23.3 Å². The summed E-state index contributed by atoms with van der Waals surface area (Å²) < 4.78 is 29.1. The second-order valence-corrected chi connectivity index (χ2v) is 10.6. The summed E-state index contributed by atoms with van der Waals surface area (Å²) in [6, 6.07) is 12.1. The first-order valence-corrected chi connectivity index (χ1v) is 13.8. The Morgan fingerprint density at radius 1 is 0.923 bits per heavy atom. The minimum absolute atomic E-state index is 0.166. The van der Waals surface area contributed by atoms with Gasteiger partial charge in [-0.15, -0.1) is 0 Å². The van der Waals surface area contributed by atoms with Gasteiger partial charge >= 0.3 is 0 Å². The molecule has 1 saturated heterocycles. The normalized spacial score (nSPS) is 16.7. The van der Waals surface area contributed by atoms with Crippen molar-refractivity contribution in [3.8, 4) is 5.69 Å². The first-order valence-electron chi connectivity index (χ1n) is 13.8. The number of hydrogen-bond donors (Lipinski definition) is 0. The molecule has 39 heavy (non-hydrogen) atoms. The van der Waals surface area contributed by atoms with Crippen LogP contribution in [0.3, 0.4) is 0 Å². The number of fused-ring (bicyclic) bond motifs is 1. The number of aryl methyl sites for hydroxylation is 1. The SMILES string of the molecule is Cc1nn(-c2ccc(F)cc2)c2nc(CC3CCCCC3)nc(N3CCN(C(=O)c4cccc(F)c4)CC3)c12. The summed E-state index contributed by atoms with van der Waals surface area (Å²) in [4.78, 5) is 27.1. The van der Waals surface area contributed by atoms with Gasteiger partial charge < -0.3 is 9.80 Å². The largest absolute Gasteiger partial charge is 0.352 e. The van der Waals surface area contributed by atoms with Crippen LogP contribution in [0.4, 0.5) is 14.6 Å². The number of nitrogens with zero attached hydrogens (tertiary/aromatic N) is 6. The van der Waals surface area contributed by atoms with Gasteiger partial charge in [-0.3, -0.25) is 4.79 Å². The Morgan fingerprint density at radius 2 is 1.67 bits per heavy atom. The molecule has 0 bridgehead atoms. The fourth-order valence-corrected chi connectivity index (χ4v) is 5.86. The Kier molecular flexibility index (Phi) is 6.97. The summed E-state index contributed by atoms with van der Waals surface area (Å²) in [5.41, 5.74) is 2.62. The Hall–Kier alpha value is -3.88. The second kappa shape index (κ2) is 10.7. The lowest BCUT2D eigenvalue weighted by atomic mass is 9.87. The standard InChI is InChI=1S/C30H32F2N6O/c1-20-27-28(36-14-16-37(17-15-36)30(39)22-8-5-9-24(32)19-22)33-26(18-21-6-3-2-4-7-21)34-29(27)38(35-20)25-12-10-23(31)11-13-25/h5,8-13,19,21H,2-4,6-7,14-18H2,1H3. The fraction of sp³-hybridized carbons (Fsp3) is 0.400. The number of anilines is 1. The van der Waals surface area contributed by atoms with Crippen LogP contribution in [0.25, 0.3) is 16.7 Å². The van der Waals surface area contributed by atoms with Crippen LogP contribution >= 0.6 is 0 Å². The van der Waals surface area contributed by atoms with Crippen LogP contribution in [0.15, 0.2) is 48.5 Å². The highest BCUT2D eigenvalue weighted by Gasteiger charge is 2.28. The molecule has 3 heterocycles. The molecule has 9 heteroatoms. The highest BCUT2D eigenvalue weighted by atomic mass is 19.1. The van der Waals surface area contributed by atoms with E-state index in [4.69, 9.17) is 15.1 Å². The van der Waals surface area contributed by atoms with Gasteiger partial charge in [0.2, 0.25) is 0 Å². The van der Waals surface area contributed by atoms with Crippen molar-refractivity contribution in [3.63, 3.8) is 0 Å². The molecule has 2 aliphatic rings. The van der Waals surface area contributed by atoms with E-state index in [1.165, 1.54) is 56.4 Å². The molecule has 2 aromatic heterocycles. The van der Waals surface area contributed by atoms with Crippen LogP contribution in [-0.2, 0) is 6.42 Å². The third kappa shape index (κ3) is 5.22. The molecule has 1 saturated carbocycles. The summed E-state index contributed by atoms with van der Waals surface area (Å²) in [5.74, 6) is 1.31. The van der Waals surface area contributed by atoms with Gasteiger partial charge in [-0.25, -0.2) is 23.4 Å². The predicted octanol–water partition coefficient (Wildman–Crippen LogP) is 5.49. The van der Waals surface area contributed by atoms with Gasteiger partial charge in [-0.2, -0.15) is 5.10 Å². The van der Waals surface area contributed by atoms with Crippen molar-refractivity contribution in [2.24, 2.45) is 5.92 Å². The lowest BCUT2D eigenvalue weighted by molar-refractivity contribution is 0.0746. The lowest BCUT2D eigenvalue weighted by Gasteiger charge is -2.36. The molecule has 4 aromatic rings. The number of benzene rings is 2. The topological polar surface area (TPSA) is 67.2 Å². The summed E-state index contributed by atoms with van der Waals surface area (Å²) in [6.45, 7) is 4.14. The smallest absolute Gasteiger partial charge is 0.254 e. The molecular formula is C30H32F2N6O. The van der Waals surface area contributed by atoms with Gasteiger partial charge in [0.25, 0.3) is 5.91 Å². The maximum atomic E-state index is 13.7. The molecule has 0 radical (unpaired) electrons. The van der Waals surface area contributed by atoms with E-state index in [-0.39, 0.29) is 11.7 Å². The lowest BCUT2D eigenvalue weighted by Crippen LogP contribution is -2.49. The number of aromatic nitrogens is 4. The minimum atomic E-state index is -0.415. The first kappa shape index (κ1) is 25.4. The zero-order valence-corrected chi connectivity index (χ0v) is 22.1. The number of carbonyl (C=O) groups is 1.